The van der Waals surface area contributed by atoms with E-state index in [1.807, 2.05) is 43.3 Å². The van der Waals surface area contributed by atoms with E-state index in [9.17, 15) is 8.42 Å². The summed E-state index contributed by atoms with van der Waals surface area (Å²) in [7, 11) is -3.78. The van der Waals surface area contributed by atoms with E-state index in [0.717, 1.165) is 16.7 Å². The van der Waals surface area contributed by atoms with Crippen molar-refractivity contribution in [3.05, 3.63) is 83.9 Å². The van der Waals surface area contributed by atoms with Gasteiger partial charge in [0.05, 0.1) is 16.5 Å². The smallest absolute Gasteiger partial charge is 0.297 e. The maximum absolute atomic E-state index is 12.1. The molecule has 0 N–H and O–H groups in total. The molecule has 0 unspecified atom stereocenters. The minimum Gasteiger partial charge on any atom is -0.491 e. The molecule has 0 aliphatic heterocycles. The summed E-state index contributed by atoms with van der Waals surface area (Å²) in [5.74, 6) is 0.619. The third kappa shape index (κ3) is 4.97. The van der Waals surface area contributed by atoms with E-state index in [1.165, 1.54) is 12.1 Å². The summed E-state index contributed by atoms with van der Waals surface area (Å²) < 4.78 is 34.8. The Kier molecular flexibility index (Phi) is 6.09. The molecular formula is C22H19NO4S. The number of hydrogen-bond acceptors (Lipinski definition) is 5. The minimum atomic E-state index is -3.78. The average Bonchev–Trinajstić information content (AvgIpc) is 2.72. The Morgan fingerprint density at radius 3 is 1.96 bits per heavy atom. The van der Waals surface area contributed by atoms with Gasteiger partial charge in [0, 0.05) is 0 Å². The monoisotopic (exact) mass is 393 g/mol. The fraction of sp³-hybridized carbons (Fsp3) is 0.136. The third-order valence-corrected chi connectivity index (χ3v) is 5.43. The zero-order chi connectivity index (χ0) is 20.0. The molecule has 0 saturated heterocycles. The molecule has 28 heavy (non-hydrogen) atoms. The molecular weight excluding hydrogens is 374 g/mol. The van der Waals surface area contributed by atoms with E-state index in [1.54, 1.807) is 24.3 Å². The first-order chi connectivity index (χ1) is 13.5. The van der Waals surface area contributed by atoms with Crippen molar-refractivity contribution in [1.82, 2.24) is 0 Å². The number of nitriles is 1. The standard InChI is InChI=1S/C22H19NO4S/c1-17-2-12-22(13-3-17)28(24,25)27-15-14-26-21-10-8-20(9-11-21)19-6-4-18(16-23)5-7-19/h2-13H,14-15H2,1H3. The summed E-state index contributed by atoms with van der Waals surface area (Å²) >= 11 is 0. The van der Waals surface area contributed by atoms with Crippen molar-refractivity contribution in [2.45, 2.75) is 11.8 Å². The summed E-state index contributed by atoms with van der Waals surface area (Å²) in [6.45, 7) is 1.92. The predicted octanol–water partition coefficient (Wildman–Crippen LogP) is 4.32. The van der Waals surface area contributed by atoms with Crippen molar-refractivity contribution in [1.29, 1.82) is 5.26 Å². The number of aryl methyl sites for hydroxylation is 1. The highest BCUT2D eigenvalue weighted by atomic mass is 32.2. The van der Waals surface area contributed by atoms with Crippen LogP contribution in [0.15, 0.2) is 77.7 Å². The zero-order valence-electron chi connectivity index (χ0n) is 15.3. The molecule has 0 aliphatic rings. The van der Waals surface area contributed by atoms with Crippen molar-refractivity contribution < 1.29 is 17.3 Å². The molecule has 6 heteroatoms. The van der Waals surface area contributed by atoms with Gasteiger partial charge >= 0.3 is 0 Å². The number of ether oxygens (including phenoxy) is 1. The third-order valence-electron chi connectivity index (χ3n) is 4.10. The van der Waals surface area contributed by atoms with Crippen molar-refractivity contribution in [2.24, 2.45) is 0 Å². The van der Waals surface area contributed by atoms with Crippen molar-refractivity contribution in [2.75, 3.05) is 13.2 Å². The first-order valence-corrected chi connectivity index (χ1v) is 10.1. The number of benzene rings is 3. The highest BCUT2D eigenvalue weighted by molar-refractivity contribution is 7.86. The minimum absolute atomic E-state index is 0.0758. The summed E-state index contributed by atoms with van der Waals surface area (Å²) in [4.78, 5) is 0.130. The molecule has 5 nitrogen and oxygen atoms in total. The van der Waals surface area contributed by atoms with Gasteiger partial charge in [-0.05, 0) is 54.4 Å². The van der Waals surface area contributed by atoms with Crippen molar-refractivity contribution in [3.63, 3.8) is 0 Å². The summed E-state index contributed by atoms with van der Waals surface area (Å²) in [5.41, 5.74) is 3.59. The molecule has 3 aromatic rings. The quantitative estimate of drug-likeness (QED) is 0.441. The van der Waals surface area contributed by atoms with Crippen LogP contribution in [-0.2, 0) is 14.3 Å². The van der Waals surface area contributed by atoms with Gasteiger partial charge in [-0.25, -0.2) is 0 Å². The van der Waals surface area contributed by atoms with Crippen LogP contribution in [0, 0.1) is 18.3 Å². The van der Waals surface area contributed by atoms with Gasteiger partial charge in [-0.3, -0.25) is 4.18 Å². The first kappa shape index (κ1) is 19.6. The van der Waals surface area contributed by atoms with E-state index in [4.69, 9.17) is 14.2 Å². The second kappa shape index (κ2) is 8.70. The van der Waals surface area contributed by atoms with Crippen LogP contribution >= 0.6 is 0 Å². The summed E-state index contributed by atoms with van der Waals surface area (Å²) in [5, 5.41) is 8.85. The Morgan fingerprint density at radius 2 is 1.39 bits per heavy atom. The van der Waals surface area contributed by atoms with Crippen LogP contribution in [0.25, 0.3) is 11.1 Å². The van der Waals surface area contributed by atoms with Gasteiger partial charge in [-0.1, -0.05) is 42.0 Å². The lowest BCUT2D eigenvalue weighted by Gasteiger charge is -2.09. The lowest BCUT2D eigenvalue weighted by Crippen LogP contribution is -2.13. The first-order valence-electron chi connectivity index (χ1n) is 8.67. The van der Waals surface area contributed by atoms with Crippen LogP contribution in [0.2, 0.25) is 0 Å². The lowest BCUT2D eigenvalue weighted by molar-refractivity contribution is 0.221. The Labute approximate surface area is 164 Å². The van der Waals surface area contributed by atoms with Crippen molar-refractivity contribution in [3.8, 4) is 22.9 Å². The maximum Gasteiger partial charge on any atom is 0.297 e. The van der Waals surface area contributed by atoms with Gasteiger partial charge in [0.25, 0.3) is 10.1 Å². The van der Waals surface area contributed by atoms with E-state index >= 15 is 0 Å². The SMILES string of the molecule is Cc1ccc(S(=O)(=O)OCCOc2ccc(-c3ccc(C#N)cc3)cc2)cc1. The Morgan fingerprint density at radius 1 is 0.821 bits per heavy atom. The Bertz CT molecular complexity index is 1070. The largest absolute Gasteiger partial charge is 0.491 e. The Balaban J connectivity index is 1.52. The molecule has 0 aliphatic carbocycles. The lowest BCUT2D eigenvalue weighted by atomic mass is 10.0. The number of rotatable bonds is 7. The molecule has 3 aromatic carbocycles. The van der Waals surface area contributed by atoms with Crippen LogP contribution in [0.5, 0.6) is 5.75 Å². The molecule has 0 amide bonds. The Hall–Kier alpha value is -3.14. The normalized spacial score (nSPS) is 11.0. The van der Waals surface area contributed by atoms with Crippen molar-refractivity contribution >= 4 is 10.1 Å². The van der Waals surface area contributed by atoms with Gasteiger partial charge in [0.2, 0.25) is 0 Å². The molecule has 0 aromatic heterocycles. The van der Waals surface area contributed by atoms with Gasteiger partial charge in [-0.15, -0.1) is 0 Å². The van der Waals surface area contributed by atoms with Gasteiger partial charge in [-0.2, -0.15) is 13.7 Å². The molecule has 0 fully saturated rings. The number of nitrogens with zero attached hydrogens (tertiary/aromatic N) is 1. The van der Waals surface area contributed by atoms with Gasteiger partial charge in [0.1, 0.15) is 19.0 Å². The van der Waals surface area contributed by atoms with Crippen LogP contribution in [0.3, 0.4) is 0 Å². The molecule has 0 radical (unpaired) electrons. The van der Waals surface area contributed by atoms with E-state index in [-0.39, 0.29) is 18.1 Å². The molecule has 0 atom stereocenters. The van der Waals surface area contributed by atoms with Crippen LogP contribution in [-0.4, -0.2) is 21.6 Å². The molecule has 3 rings (SSSR count). The highest BCUT2D eigenvalue weighted by Crippen LogP contribution is 2.23. The summed E-state index contributed by atoms with van der Waals surface area (Å²) in [6, 6.07) is 23.3. The second-order valence-corrected chi connectivity index (χ2v) is 7.77. The van der Waals surface area contributed by atoms with Crippen LogP contribution < -0.4 is 4.74 Å². The zero-order valence-corrected chi connectivity index (χ0v) is 16.1. The fourth-order valence-electron chi connectivity index (χ4n) is 2.56. The second-order valence-electron chi connectivity index (χ2n) is 6.15. The topological polar surface area (TPSA) is 76.4 Å². The molecule has 0 bridgehead atoms. The maximum atomic E-state index is 12.1. The number of hydrogen-bond donors (Lipinski definition) is 0. The molecule has 0 saturated carbocycles. The van der Waals surface area contributed by atoms with Gasteiger partial charge in [0.15, 0.2) is 0 Å². The van der Waals surface area contributed by atoms with E-state index in [2.05, 4.69) is 6.07 Å². The fourth-order valence-corrected chi connectivity index (χ4v) is 3.45. The van der Waals surface area contributed by atoms with Gasteiger partial charge < -0.3 is 4.74 Å². The van der Waals surface area contributed by atoms with E-state index < -0.39 is 10.1 Å². The van der Waals surface area contributed by atoms with Crippen LogP contribution in [0.1, 0.15) is 11.1 Å². The summed E-state index contributed by atoms with van der Waals surface area (Å²) in [6.07, 6.45) is 0. The predicted molar refractivity (Wildman–Crippen MR) is 106 cm³/mol. The highest BCUT2D eigenvalue weighted by Gasteiger charge is 2.14. The molecule has 0 heterocycles. The van der Waals surface area contributed by atoms with Crippen LogP contribution in [0.4, 0.5) is 0 Å². The average molecular weight is 393 g/mol. The molecule has 142 valence electrons. The molecule has 0 spiro atoms. The van der Waals surface area contributed by atoms with E-state index in [0.29, 0.717) is 11.3 Å².